The fourth-order valence-electron chi connectivity index (χ4n) is 0.873. The predicted molar refractivity (Wildman–Crippen MR) is 49.4 cm³/mol. The summed E-state index contributed by atoms with van der Waals surface area (Å²) in [6.45, 7) is 4.00. The van der Waals surface area contributed by atoms with Gasteiger partial charge >= 0.3 is 6.18 Å². The molecule has 0 unspecified atom stereocenters. The van der Waals surface area contributed by atoms with Gasteiger partial charge < -0.3 is 0 Å². The van der Waals surface area contributed by atoms with E-state index in [9.17, 15) is 23.3 Å². The Bertz CT molecular complexity index is 336. The number of hydrogen-bond acceptors (Lipinski definition) is 2. The summed E-state index contributed by atoms with van der Waals surface area (Å²) in [5.74, 6) is 0. The fourth-order valence-corrected chi connectivity index (χ4v) is 0.873. The average Bonchev–Trinajstić information content (AvgIpc) is 2.19. The van der Waals surface area contributed by atoms with Crippen LogP contribution in [0.3, 0.4) is 0 Å². The molecule has 6 heteroatoms. The van der Waals surface area contributed by atoms with E-state index in [0.29, 0.717) is 6.07 Å². The molecule has 0 saturated heterocycles. The molecular formula is C9H10F3NO2. The second-order valence-electron chi connectivity index (χ2n) is 2.27. The Labute approximate surface area is 84.7 Å². The first kappa shape index (κ1) is 13.4. The highest BCUT2D eigenvalue weighted by Crippen LogP contribution is 2.35. The van der Waals surface area contributed by atoms with Crippen LogP contribution in [-0.2, 0) is 6.18 Å². The van der Waals surface area contributed by atoms with Crippen molar-refractivity contribution in [2.75, 3.05) is 0 Å². The Morgan fingerprint density at radius 2 is 1.67 bits per heavy atom. The molecule has 0 aromatic heterocycles. The van der Waals surface area contributed by atoms with Gasteiger partial charge in [0.05, 0.1) is 4.92 Å². The highest BCUT2D eigenvalue weighted by atomic mass is 19.4. The van der Waals surface area contributed by atoms with Gasteiger partial charge in [0.15, 0.2) is 0 Å². The van der Waals surface area contributed by atoms with Gasteiger partial charge in [-0.1, -0.05) is 26.0 Å². The summed E-state index contributed by atoms with van der Waals surface area (Å²) in [6, 6.07) is 3.80. The summed E-state index contributed by atoms with van der Waals surface area (Å²) in [5.41, 5.74) is -2.14. The number of benzene rings is 1. The second-order valence-corrected chi connectivity index (χ2v) is 2.27. The van der Waals surface area contributed by atoms with E-state index < -0.39 is 22.4 Å². The zero-order valence-electron chi connectivity index (χ0n) is 8.21. The molecule has 1 rings (SSSR count). The van der Waals surface area contributed by atoms with Crippen molar-refractivity contribution in [3.8, 4) is 0 Å². The van der Waals surface area contributed by atoms with Crippen LogP contribution in [0.15, 0.2) is 24.3 Å². The van der Waals surface area contributed by atoms with Gasteiger partial charge in [0.25, 0.3) is 5.69 Å². The number of hydrogen-bond donors (Lipinski definition) is 0. The van der Waals surface area contributed by atoms with E-state index >= 15 is 0 Å². The molecule has 84 valence electrons. The number of nitrogens with zero attached hydrogens (tertiary/aromatic N) is 1. The fraction of sp³-hybridized carbons (Fsp3) is 0.333. The van der Waals surface area contributed by atoms with Crippen LogP contribution in [0.1, 0.15) is 19.4 Å². The Morgan fingerprint density at radius 1 is 1.20 bits per heavy atom. The van der Waals surface area contributed by atoms with Gasteiger partial charge in [0, 0.05) is 6.07 Å². The van der Waals surface area contributed by atoms with Crippen LogP contribution < -0.4 is 0 Å². The van der Waals surface area contributed by atoms with Crippen molar-refractivity contribution < 1.29 is 18.1 Å². The molecule has 0 aliphatic carbocycles. The number of nitro benzene ring substituents is 1. The van der Waals surface area contributed by atoms with Gasteiger partial charge in [0.1, 0.15) is 5.56 Å². The molecule has 15 heavy (non-hydrogen) atoms. The Morgan fingerprint density at radius 3 is 2.00 bits per heavy atom. The number of para-hydroxylation sites is 1. The van der Waals surface area contributed by atoms with Crippen molar-refractivity contribution in [1.29, 1.82) is 0 Å². The quantitative estimate of drug-likeness (QED) is 0.536. The van der Waals surface area contributed by atoms with E-state index in [4.69, 9.17) is 0 Å². The number of rotatable bonds is 1. The minimum atomic E-state index is -4.68. The lowest BCUT2D eigenvalue weighted by molar-refractivity contribution is -0.388. The molecule has 0 bridgehead atoms. The molecule has 0 N–H and O–H groups in total. The molecule has 0 amide bonds. The summed E-state index contributed by atoms with van der Waals surface area (Å²) >= 11 is 0. The van der Waals surface area contributed by atoms with Gasteiger partial charge in [0.2, 0.25) is 0 Å². The highest BCUT2D eigenvalue weighted by molar-refractivity contribution is 5.41. The third-order valence-corrected chi connectivity index (χ3v) is 1.41. The highest BCUT2D eigenvalue weighted by Gasteiger charge is 2.37. The molecule has 0 radical (unpaired) electrons. The van der Waals surface area contributed by atoms with Crippen molar-refractivity contribution in [1.82, 2.24) is 0 Å². The van der Waals surface area contributed by atoms with Crippen molar-refractivity contribution in [3.63, 3.8) is 0 Å². The molecule has 0 fully saturated rings. The lowest BCUT2D eigenvalue weighted by Gasteiger charge is -2.05. The Balaban J connectivity index is 0.000000921. The maximum Gasteiger partial charge on any atom is 0.422 e. The van der Waals surface area contributed by atoms with E-state index in [0.717, 1.165) is 12.1 Å². The number of alkyl halides is 3. The normalized spacial score (nSPS) is 10.2. The number of nitro groups is 1. The van der Waals surface area contributed by atoms with Gasteiger partial charge in [-0.2, -0.15) is 13.2 Å². The lowest BCUT2D eigenvalue weighted by atomic mass is 10.2. The predicted octanol–water partition coefficient (Wildman–Crippen LogP) is 3.64. The van der Waals surface area contributed by atoms with Gasteiger partial charge in [-0.15, -0.1) is 0 Å². The monoisotopic (exact) mass is 221 g/mol. The first-order chi connectivity index (χ1) is 6.93. The van der Waals surface area contributed by atoms with Crippen LogP contribution >= 0.6 is 0 Å². The SMILES string of the molecule is CC.O=[N+]([O-])c1ccccc1C(F)(F)F. The smallest absolute Gasteiger partial charge is 0.258 e. The van der Waals surface area contributed by atoms with Gasteiger partial charge in [-0.25, -0.2) is 0 Å². The summed E-state index contributed by atoms with van der Waals surface area (Å²) in [6.07, 6.45) is -4.68. The molecule has 3 nitrogen and oxygen atoms in total. The second kappa shape index (κ2) is 5.33. The molecule has 0 aliphatic heterocycles. The summed E-state index contributed by atoms with van der Waals surface area (Å²) in [5, 5.41) is 10.2. The van der Waals surface area contributed by atoms with E-state index in [-0.39, 0.29) is 0 Å². The molecule has 1 aromatic carbocycles. The van der Waals surface area contributed by atoms with E-state index in [1.54, 1.807) is 0 Å². The van der Waals surface area contributed by atoms with Crippen LogP contribution in [0.5, 0.6) is 0 Å². The van der Waals surface area contributed by atoms with E-state index in [1.807, 2.05) is 13.8 Å². The molecular weight excluding hydrogens is 211 g/mol. The first-order valence-corrected chi connectivity index (χ1v) is 4.23. The van der Waals surface area contributed by atoms with Gasteiger partial charge in [-0.05, 0) is 6.07 Å². The minimum absolute atomic E-state index is 0.679. The van der Waals surface area contributed by atoms with Crippen LogP contribution in [0, 0.1) is 10.1 Å². The summed E-state index contributed by atoms with van der Waals surface area (Å²) < 4.78 is 36.3. The number of halogens is 3. The molecule has 0 saturated carbocycles. The summed E-state index contributed by atoms with van der Waals surface area (Å²) in [7, 11) is 0. The molecule has 0 aliphatic rings. The maximum absolute atomic E-state index is 12.1. The zero-order chi connectivity index (χ0) is 12.1. The van der Waals surface area contributed by atoms with Crippen molar-refractivity contribution in [3.05, 3.63) is 39.9 Å². The van der Waals surface area contributed by atoms with Gasteiger partial charge in [-0.3, -0.25) is 10.1 Å². The maximum atomic E-state index is 12.1. The van der Waals surface area contributed by atoms with Crippen LogP contribution in [0.2, 0.25) is 0 Å². The van der Waals surface area contributed by atoms with E-state index in [2.05, 4.69) is 0 Å². The Hall–Kier alpha value is -1.59. The van der Waals surface area contributed by atoms with E-state index in [1.165, 1.54) is 6.07 Å². The standard InChI is InChI=1S/C7H4F3NO2.C2H6/c8-7(9,10)5-3-1-2-4-6(5)11(12)13;1-2/h1-4H;1-2H3. The van der Waals surface area contributed by atoms with Crippen molar-refractivity contribution in [2.24, 2.45) is 0 Å². The van der Waals surface area contributed by atoms with Crippen LogP contribution in [-0.4, -0.2) is 4.92 Å². The largest absolute Gasteiger partial charge is 0.422 e. The molecule has 1 aromatic rings. The van der Waals surface area contributed by atoms with Crippen LogP contribution in [0.4, 0.5) is 18.9 Å². The lowest BCUT2D eigenvalue weighted by Crippen LogP contribution is -2.08. The van der Waals surface area contributed by atoms with Crippen molar-refractivity contribution >= 4 is 5.69 Å². The summed E-state index contributed by atoms with van der Waals surface area (Å²) in [4.78, 5) is 9.12. The first-order valence-electron chi connectivity index (χ1n) is 4.23. The Kier molecular flexibility index (Phi) is 4.77. The topological polar surface area (TPSA) is 43.1 Å². The van der Waals surface area contributed by atoms with Crippen molar-refractivity contribution in [2.45, 2.75) is 20.0 Å². The zero-order valence-corrected chi connectivity index (χ0v) is 8.21. The minimum Gasteiger partial charge on any atom is -0.258 e. The molecule has 0 spiro atoms. The van der Waals surface area contributed by atoms with Crippen LogP contribution in [0.25, 0.3) is 0 Å². The average molecular weight is 221 g/mol. The third-order valence-electron chi connectivity index (χ3n) is 1.41. The molecule has 0 atom stereocenters. The third kappa shape index (κ3) is 3.57. The molecule has 0 heterocycles.